The minimum absolute atomic E-state index is 0.121. The Balaban J connectivity index is 2.44. The number of rotatable bonds is 2. The van der Waals surface area contributed by atoms with Gasteiger partial charge in [0.25, 0.3) is 0 Å². The molecule has 0 aliphatic carbocycles. The van der Waals surface area contributed by atoms with E-state index in [1.807, 2.05) is 12.1 Å². The molecular formula is C14H8BrNO. The molecule has 0 aliphatic heterocycles. The second kappa shape index (κ2) is 4.94. The van der Waals surface area contributed by atoms with Crippen LogP contribution in [0.4, 0.5) is 5.69 Å². The Morgan fingerprint density at radius 3 is 2.35 bits per heavy atom. The number of carbonyl (C=O) groups excluding carboxylic acids is 1. The smallest absolute Gasteiger partial charge is 0.198 e. The molecule has 0 N–H and O–H groups in total. The maximum absolute atomic E-state index is 12.2. The van der Waals surface area contributed by atoms with Gasteiger partial charge in [0.15, 0.2) is 11.5 Å². The summed E-state index contributed by atoms with van der Waals surface area (Å²) in [4.78, 5) is 15.5. The van der Waals surface area contributed by atoms with Gasteiger partial charge in [0.2, 0.25) is 0 Å². The van der Waals surface area contributed by atoms with E-state index in [4.69, 9.17) is 6.57 Å². The van der Waals surface area contributed by atoms with Crippen molar-refractivity contribution in [2.24, 2.45) is 0 Å². The topological polar surface area (TPSA) is 21.4 Å². The van der Waals surface area contributed by atoms with Gasteiger partial charge in [-0.2, -0.15) is 0 Å². The van der Waals surface area contributed by atoms with Crippen molar-refractivity contribution in [1.29, 1.82) is 0 Å². The maximum Gasteiger partial charge on any atom is 0.198 e. The Morgan fingerprint density at radius 2 is 1.71 bits per heavy atom. The predicted molar refractivity (Wildman–Crippen MR) is 70.3 cm³/mol. The van der Waals surface area contributed by atoms with Crippen LogP contribution in [0.15, 0.2) is 53.0 Å². The van der Waals surface area contributed by atoms with Crippen LogP contribution in [0.25, 0.3) is 4.85 Å². The minimum atomic E-state index is -0.121. The number of hydrogen-bond donors (Lipinski definition) is 0. The summed E-state index contributed by atoms with van der Waals surface area (Å²) in [7, 11) is 0. The highest BCUT2D eigenvalue weighted by Crippen LogP contribution is 2.22. The first-order valence-corrected chi connectivity index (χ1v) is 5.78. The second-order valence-electron chi connectivity index (χ2n) is 3.46. The third kappa shape index (κ3) is 2.43. The van der Waals surface area contributed by atoms with E-state index in [-0.39, 0.29) is 5.78 Å². The molecule has 2 rings (SSSR count). The van der Waals surface area contributed by atoms with Gasteiger partial charge in [-0.1, -0.05) is 40.2 Å². The van der Waals surface area contributed by atoms with Gasteiger partial charge in [-0.3, -0.25) is 4.79 Å². The molecule has 2 nitrogen and oxygen atoms in total. The Labute approximate surface area is 108 Å². The number of para-hydroxylation sites is 1. The minimum Gasteiger partial charge on any atom is -0.290 e. The Hall–Kier alpha value is -1.92. The normalized spacial score (nSPS) is 9.65. The van der Waals surface area contributed by atoms with E-state index < -0.39 is 0 Å². The van der Waals surface area contributed by atoms with Crippen molar-refractivity contribution < 1.29 is 4.79 Å². The van der Waals surface area contributed by atoms with E-state index in [0.29, 0.717) is 16.8 Å². The number of nitrogens with zero attached hydrogens (tertiary/aromatic N) is 1. The Kier molecular flexibility index (Phi) is 3.36. The van der Waals surface area contributed by atoms with E-state index in [1.165, 1.54) is 0 Å². The molecule has 0 fully saturated rings. The number of carbonyl (C=O) groups is 1. The summed E-state index contributed by atoms with van der Waals surface area (Å²) >= 11 is 3.32. The Morgan fingerprint density at radius 1 is 1.06 bits per heavy atom. The van der Waals surface area contributed by atoms with Crippen molar-refractivity contribution in [2.75, 3.05) is 0 Å². The standard InChI is InChI=1S/C14H8BrNO/c1-16-13-5-3-2-4-12(13)14(17)10-6-8-11(15)9-7-10/h2-9H. The van der Waals surface area contributed by atoms with Gasteiger partial charge in [0.05, 0.1) is 6.57 Å². The quantitative estimate of drug-likeness (QED) is 0.598. The van der Waals surface area contributed by atoms with Crippen molar-refractivity contribution in [3.05, 3.63) is 75.5 Å². The molecule has 0 radical (unpaired) electrons. The molecule has 3 heteroatoms. The molecule has 0 saturated carbocycles. The van der Waals surface area contributed by atoms with Gasteiger partial charge < -0.3 is 0 Å². The fraction of sp³-hybridized carbons (Fsp3) is 0. The number of halogens is 1. The van der Waals surface area contributed by atoms with Crippen LogP contribution in [-0.2, 0) is 0 Å². The second-order valence-corrected chi connectivity index (χ2v) is 4.38. The average molecular weight is 286 g/mol. The van der Waals surface area contributed by atoms with Gasteiger partial charge >= 0.3 is 0 Å². The summed E-state index contributed by atoms with van der Waals surface area (Å²) in [5.74, 6) is -0.121. The molecule has 0 unspecified atom stereocenters. The first-order chi connectivity index (χ1) is 8.22. The highest BCUT2D eigenvalue weighted by molar-refractivity contribution is 9.10. The van der Waals surface area contributed by atoms with Crippen LogP contribution in [0.2, 0.25) is 0 Å². The molecule has 0 heterocycles. The summed E-state index contributed by atoms with van der Waals surface area (Å²) in [6.45, 7) is 7.04. The van der Waals surface area contributed by atoms with Crippen LogP contribution in [0.3, 0.4) is 0 Å². The van der Waals surface area contributed by atoms with Crippen molar-refractivity contribution >= 4 is 27.4 Å². The fourth-order valence-electron chi connectivity index (χ4n) is 1.52. The summed E-state index contributed by atoms with van der Waals surface area (Å²) in [6, 6.07) is 14.0. The lowest BCUT2D eigenvalue weighted by molar-refractivity contribution is 0.103. The summed E-state index contributed by atoms with van der Waals surface area (Å²) in [5, 5.41) is 0. The molecule has 0 atom stereocenters. The molecule has 2 aromatic rings. The average Bonchev–Trinajstić information content (AvgIpc) is 2.39. The zero-order valence-electron chi connectivity index (χ0n) is 8.85. The molecule has 82 valence electrons. The van der Waals surface area contributed by atoms with Crippen molar-refractivity contribution in [3.8, 4) is 0 Å². The number of benzene rings is 2. The van der Waals surface area contributed by atoms with Gasteiger partial charge in [-0.05, 0) is 24.3 Å². The first kappa shape index (κ1) is 11.6. The summed E-state index contributed by atoms with van der Waals surface area (Å²) in [5.41, 5.74) is 1.43. The van der Waals surface area contributed by atoms with Crippen LogP contribution < -0.4 is 0 Å². The van der Waals surface area contributed by atoms with E-state index in [1.54, 1.807) is 36.4 Å². The third-order valence-corrected chi connectivity index (χ3v) is 2.90. The lowest BCUT2D eigenvalue weighted by Gasteiger charge is -2.03. The van der Waals surface area contributed by atoms with E-state index >= 15 is 0 Å². The van der Waals surface area contributed by atoms with Crippen LogP contribution in [0.1, 0.15) is 15.9 Å². The number of hydrogen-bond acceptors (Lipinski definition) is 1. The molecule has 17 heavy (non-hydrogen) atoms. The van der Waals surface area contributed by atoms with E-state index in [9.17, 15) is 4.79 Å². The van der Waals surface area contributed by atoms with Crippen molar-refractivity contribution in [1.82, 2.24) is 0 Å². The highest BCUT2D eigenvalue weighted by Gasteiger charge is 2.12. The molecule has 0 aromatic heterocycles. The van der Waals surface area contributed by atoms with Crippen molar-refractivity contribution in [2.45, 2.75) is 0 Å². The third-order valence-electron chi connectivity index (χ3n) is 2.38. The first-order valence-electron chi connectivity index (χ1n) is 4.99. The lowest BCUT2D eigenvalue weighted by Crippen LogP contribution is -2.00. The zero-order chi connectivity index (χ0) is 12.3. The van der Waals surface area contributed by atoms with Crippen LogP contribution >= 0.6 is 15.9 Å². The summed E-state index contributed by atoms with van der Waals surface area (Å²) in [6.07, 6.45) is 0. The van der Waals surface area contributed by atoms with Crippen LogP contribution in [0.5, 0.6) is 0 Å². The molecule has 0 amide bonds. The number of ketones is 1. The van der Waals surface area contributed by atoms with E-state index in [0.717, 1.165) is 4.47 Å². The lowest BCUT2D eigenvalue weighted by atomic mass is 10.0. The molecule has 2 aromatic carbocycles. The van der Waals surface area contributed by atoms with Crippen molar-refractivity contribution in [3.63, 3.8) is 0 Å². The molecule has 0 bridgehead atoms. The zero-order valence-corrected chi connectivity index (χ0v) is 10.4. The largest absolute Gasteiger partial charge is 0.290 e. The Bertz CT molecular complexity index is 596. The fourth-order valence-corrected chi connectivity index (χ4v) is 1.78. The molecular weight excluding hydrogens is 278 g/mol. The van der Waals surface area contributed by atoms with Crippen LogP contribution in [0, 0.1) is 6.57 Å². The summed E-state index contributed by atoms with van der Waals surface area (Å²) < 4.78 is 0.924. The highest BCUT2D eigenvalue weighted by atomic mass is 79.9. The maximum atomic E-state index is 12.2. The molecule has 0 spiro atoms. The monoisotopic (exact) mass is 285 g/mol. The molecule has 0 aliphatic rings. The van der Waals surface area contributed by atoms with Gasteiger partial charge in [0.1, 0.15) is 0 Å². The predicted octanol–water partition coefficient (Wildman–Crippen LogP) is 4.23. The van der Waals surface area contributed by atoms with Crippen LogP contribution in [-0.4, -0.2) is 5.78 Å². The van der Waals surface area contributed by atoms with Gasteiger partial charge in [-0.25, -0.2) is 4.85 Å². The SMILES string of the molecule is [C-]#[N+]c1ccccc1C(=O)c1ccc(Br)cc1. The van der Waals surface area contributed by atoms with Gasteiger partial charge in [-0.15, -0.1) is 0 Å². The van der Waals surface area contributed by atoms with Gasteiger partial charge in [0, 0.05) is 15.6 Å². The van der Waals surface area contributed by atoms with E-state index in [2.05, 4.69) is 20.8 Å². The molecule has 0 saturated heterocycles.